The second kappa shape index (κ2) is 6.03. The Kier molecular flexibility index (Phi) is 4.16. The summed E-state index contributed by atoms with van der Waals surface area (Å²) in [5.41, 5.74) is 2.84. The van der Waals surface area contributed by atoms with Gasteiger partial charge in [-0.1, -0.05) is 44.2 Å². The number of hydrogen-bond acceptors (Lipinski definition) is 3. The second-order valence-corrected chi connectivity index (χ2v) is 10.5. The predicted molar refractivity (Wildman–Crippen MR) is 103 cm³/mol. The third-order valence-corrected chi connectivity index (χ3v) is 8.74. The highest BCUT2D eigenvalue weighted by atomic mass is 32.2. The van der Waals surface area contributed by atoms with E-state index in [2.05, 4.69) is 36.8 Å². The van der Waals surface area contributed by atoms with Crippen LogP contribution in [0.2, 0.25) is 0 Å². The van der Waals surface area contributed by atoms with Crippen molar-refractivity contribution in [3.8, 4) is 0 Å². The maximum Gasteiger partial charge on any atom is 0.212 e. The van der Waals surface area contributed by atoms with Crippen molar-refractivity contribution in [2.75, 3.05) is 12.3 Å². The lowest BCUT2D eigenvalue weighted by molar-refractivity contribution is -0.128. The van der Waals surface area contributed by atoms with Crippen LogP contribution < -0.4 is 4.72 Å². The molecule has 26 heavy (non-hydrogen) atoms. The fourth-order valence-corrected chi connectivity index (χ4v) is 7.26. The topological polar surface area (TPSA) is 63.2 Å². The van der Waals surface area contributed by atoms with Crippen molar-refractivity contribution in [1.29, 1.82) is 0 Å². The van der Waals surface area contributed by atoms with Gasteiger partial charge in [-0.3, -0.25) is 4.79 Å². The first-order valence-electron chi connectivity index (χ1n) is 9.53. The Balaban J connectivity index is 1.41. The summed E-state index contributed by atoms with van der Waals surface area (Å²) >= 11 is 0. The lowest BCUT2D eigenvalue weighted by Gasteiger charge is -2.36. The van der Waals surface area contributed by atoms with E-state index >= 15 is 0 Å². The number of fused-ring (bicyclic) bond motifs is 3. The number of carbonyl (C=O) groups is 1. The maximum atomic E-state index is 12.7. The maximum absolute atomic E-state index is 12.7. The van der Waals surface area contributed by atoms with Gasteiger partial charge >= 0.3 is 0 Å². The van der Waals surface area contributed by atoms with Gasteiger partial charge in [0.1, 0.15) is 5.78 Å². The highest BCUT2D eigenvalue weighted by molar-refractivity contribution is 7.89. The number of Topliss-reactive ketones (excluding diaryl/α,β-unsaturated/α-hetero) is 1. The van der Waals surface area contributed by atoms with Gasteiger partial charge in [0.15, 0.2) is 0 Å². The third kappa shape index (κ3) is 2.67. The first kappa shape index (κ1) is 17.9. The Labute approximate surface area is 156 Å². The summed E-state index contributed by atoms with van der Waals surface area (Å²) in [4.78, 5) is 12.6. The molecule has 140 valence electrons. The molecule has 2 bridgehead atoms. The van der Waals surface area contributed by atoms with E-state index in [1.54, 1.807) is 0 Å². The number of nitrogens with one attached hydrogen (secondary N) is 1. The minimum atomic E-state index is -3.48. The minimum absolute atomic E-state index is 0.0576. The zero-order valence-corrected chi connectivity index (χ0v) is 16.4. The van der Waals surface area contributed by atoms with E-state index in [4.69, 9.17) is 0 Å². The van der Waals surface area contributed by atoms with Crippen molar-refractivity contribution in [2.24, 2.45) is 16.7 Å². The summed E-state index contributed by atoms with van der Waals surface area (Å²) < 4.78 is 28.2. The number of sulfonamides is 1. The van der Waals surface area contributed by atoms with E-state index in [1.807, 2.05) is 12.1 Å². The van der Waals surface area contributed by atoms with Crippen LogP contribution in [0.25, 0.3) is 5.57 Å². The van der Waals surface area contributed by atoms with Crippen LogP contribution in [0.15, 0.2) is 30.3 Å². The lowest BCUT2D eigenvalue weighted by Crippen LogP contribution is -2.45. The Morgan fingerprint density at radius 3 is 2.69 bits per heavy atom. The fourth-order valence-electron chi connectivity index (χ4n) is 5.42. The van der Waals surface area contributed by atoms with Crippen LogP contribution >= 0.6 is 0 Å². The van der Waals surface area contributed by atoms with E-state index < -0.39 is 15.4 Å². The first-order valence-corrected chi connectivity index (χ1v) is 11.2. The molecule has 4 nitrogen and oxygen atoms in total. The van der Waals surface area contributed by atoms with E-state index in [0.717, 1.165) is 12.8 Å². The van der Waals surface area contributed by atoms with Crippen LogP contribution in [0.3, 0.4) is 0 Å². The molecule has 0 aliphatic heterocycles. The standard InChI is InChI=1S/C21H27NO3S/c1-20(2)17-9-11-21(20,19(23)13-17)14-26(24,25)22-12-10-16-8-7-15-5-3-4-6-18(15)16/h3-6,8,17,22H,7,9-14H2,1-2H3. The predicted octanol–water partition coefficient (Wildman–Crippen LogP) is 3.33. The molecule has 0 spiro atoms. The van der Waals surface area contributed by atoms with Crippen LogP contribution in [0.5, 0.6) is 0 Å². The summed E-state index contributed by atoms with van der Waals surface area (Å²) in [6.07, 6.45) is 6.02. The fraction of sp³-hybridized carbons (Fsp3) is 0.571. The summed E-state index contributed by atoms with van der Waals surface area (Å²) in [5, 5.41) is 0. The van der Waals surface area contributed by atoms with Gasteiger partial charge < -0.3 is 0 Å². The zero-order chi connectivity index (χ0) is 18.6. The van der Waals surface area contributed by atoms with Gasteiger partial charge in [-0.05, 0) is 53.7 Å². The van der Waals surface area contributed by atoms with Crippen molar-refractivity contribution in [3.05, 3.63) is 41.5 Å². The molecule has 1 aromatic rings. The van der Waals surface area contributed by atoms with Crippen molar-refractivity contribution in [2.45, 2.75) is 46.0 Å². The summed E-state index contributed by atoms with van der Waals surface area (Å²) in [5.74, 6) is 0.430. The van der Waals surface area contributed by atoms with Crippen LogP contribution in [0, 0.1) is 16.7 Å². The van der Waals surface area contributed by atoms with Gasteiger partial charge in [0, 0.05) is 18.4 Å². The molecule has 2 saturated carbocycles. The highest BCUT2D eigenvalue weighted by Gasteiger charge is 2.65. The number of allylic oxidation sites excluding steroid dienone is 1. The molecule has 0 amide bonds. The molecule has 3 aliphatic rings. The molecule has 1 N–H and O–H groups in total. The van der Waals surface area contributed by atoms with Crippen LogP contribution in [0.1, 0.15) is 50.7 Å². The monoisotopic (exact) mass is 373 g/mol. The molecular formula is C21H27NO3S. The molecular weight excluding hydrogens is 346 g/mol. The molecule has 3 aliphatic carbocycles. The number of carbonyl (C=O) groups excluding carboxylic acids is 1. The molecule has 4 rings (SSSR count). The summed E-state index contributed by atoms with van der Waals surface area (Å²) in [7, 11) is -3.48. The third-order valence-electron chi connectivity index (χ3n) is 7.22. The lowest BCUT2D eigenvalue weighted by atomic mass is 9.70. The molecule has 0 saturated heterocycles. The molecule has 0 heterocycles. The van der Waals surface area contributed by atoms with Gasteiger partial charge in [0.2, 0.25) is 10.0 Å². The Hall–Kier alpha value is -1.46. The number of hydrogen-bond donors (Lipinski definition) is 1. The molecule has 0 aromatic heterocycles. The van der Waals surface area contributed by atoms with Gasteiger partial charge in [0.05, 0.1) is 5.75 Å². The van der Waals surface area contributed by atoms with Gasteiger partial charge in [-0.2, -0.15) is 0 Å². The molecule has 2 fully saturated rings. The Morgan fingerprint density at radius 1 is 1.23 bits per heavy atom. The van der Waals surface area contributed by atoms with E-state index in [0.29, 0.717) is 31.7 Å². The highest BCUT2D eigenvalue weighted by Crippen LogP contribution is 2.64. The van der Waals surface area contributed by atoms with Gasteiger partial charge in [-0.25, -0.2) is 13.1 Å². The summed E-state index contributed by atoms with van der Waals surface area (Å²) in [6, 6.07) is 8.27. The van der Waals surface area contributed by atoms with Crippen molar-refractivity contribution < 1.29 is 13.2 Å². The average Bonchev–Trinajstić information content (AvgIpc) is 3.14. The average molecular weight is 374 g/mol. The number of ketones is 1. The molecule has 1 aromatic carbocycles. The van der Waals surface area contributed by atoms with Crippen LogP contribution in [-0.2, 0) is 21.2 Å². The number of benzene rings is 1. The van der Waals surface area contributed by atoms with Crippen molar-refractivity contribution in [3.63, 3.8) is 0 Å². The van der Waals surface area contributed by atoms with Gasteiger partial charge in [-0.15, -0.1) is 0 Å². The van der Waals surface area contributed by atoms with Gasteiger partial charge in [0.25, 0.3) is 0 Å². The molecule has 0 radical (unpaired) electrons. The van der Waals surface area contributed by atoms with Crippen LogP contribution in [-0.4, -0.2) is 26.5 Å². The smallest absolute Gasteiger partial charge is 0.212 e. The molecule has 2 atom stereocenters. The largest absolute Gasteiger partial charge is 0.299 e. The van der Waals surface area contributed by atoms with Crippen LogP contribution in [0.4, 0.5) is 0 Å². The van der Waals surface area contributed by atoms with E-state index in [9.17, 15) is 13.2 Å². The van der Waals surface area contributed by atoms with Crippen molar-refractivity contribution >= 4 is 21.4 Å². The Morgan fingerprint density at radius 2 is 2.00 bits per heavy atom. The second-order valence-electron chi connectivity index (χ2n) is 8.66. The van der Waals surface area contributed by atoms with Crippen molar-refractivity contribution in [1.82, 2.24) is 4.72 Å². The first-order chi connectivity index (χ1) is 12.3. The normalized spacial score (nSPS) is 29.1. The molecule has 5 heteroatoms. The quantitative estimate of drug-likeness (QED) is 0.832. The number of rotatable bonds is 6. The summed E-state index contributed by atoms with van der Waals surface area (Å²) in [6.45, 7) is 4.54. The minimum Gasteiger partial charge on any atom is -0.299 e. The SMILES string of the molecule is CC1(C)C2CCC1(CS(=O)(=O)NCCC1=CCc3ccccc31)C(=O)C2. The van der Waals surface area contributed by atoms with E-state index in [1.165, 1.54) is 16.7 Å². The zero-order valence-electron chi connectivity index (χ0n) is 15.5. The Bertz CT molecular complexity index is 884. The molecule has 2 unspecified atom stereocenters. The van der Waals surface area contributed by atoms with E-state index in [-0.39, 0.29) is 17.0 Å².